The minimum atomic E-state index is -0.690. The summed E-state index contributed by atoms with van der Waals surface area (Å²) in [6, 6.07) is 4.07. The Kier molecular flexibility index (Phi) is 4.52. The summed E-state index contributed by atoms with van der Waals surface area (Å²) in [5.74, 6) is -0.522. The van der Waals surface area contributed by atoms with Gasteiger partial charge in [0.25, 0.3) is 0 Å². The molecule has 19 heavy (non-hydrogen) atoms. The monoisotopic (exact) mass is 330 g/mol. The fraction of sp³-hybridized carbons (Fsp3) is 0.417. The molecule has 6 nitrogen and oxygen atoms in total. The first kappa shape index (κ1) is 15.4. The lowest BCUT2D eigenvalue weighted by Gasteiger charge is -2.24. The number of nitro groups is 1. The topological polar surface area (TPSA) is 83.7 Å². The number of amides is 1. The van der Waals surface area contributed by atoms with Gasteiger partial charge in [-0.05, 0) is 25.5 Å². The molecule has 0 aliphatic rings. The van der Waals surface area contributed by atoms with Crippen molar-refractivity contribution in [3.8, 4) is 5.75 Å². The van der Waals surface area contributed by atoms with Crippen LogP contribution >= 0.6 is 15.9 Å². The molecule has 0 aliphatic heterocycles. The van der Waals surface area contributed by atoms with Crippen LogP contribution < -0.4 is 0 Å². The molecule has 0 radical (unpaired) electrons. The van der Waals surface area contributed by atoms with E-state index in [1.807, 2.05) is 0 Å². The second kappa shape index (κ2) is 5.56. The molecule has 1 amide bonds. The molecule has 0 spiro atoms. The van der Waals surface area contributed by atoms with Crippen LogP contribution in [0.15, 0.2) is 18.2 Å². The number of rotatable bonds is 4. The summed E-state index contributed by atoms with van der Waals surface area (Å²) in [6.07, 6.45) is 0. The summed E-state index contributed by atoms with van der Waals surface area (Å²) in [4.78, 5) is 23.5. The molecule has 0 saturated carbocycles. The fourth-order valence-electron chi connectivity index (χ4n) is 1.61. The normalized spacial score (nSPS) is 11.2. The Balaban J connectivity index is 2.92. The highest BCUT2D eigenvalue weighted by Crippen LogP contribution is 2.27. The van der Waals surface area contributed by atoms with Crippen LogP contribution in [-0.2, 0) is 11.3 Å². The van der Waals surface area contributed by atoms with Crippen LogP contribution in [0.5, 0.6) is 5.75 Å². The van der Waals surface area contributed by atoms with Crippen molar-refractivity contribution in [3.05, 3.63) is 33.9 Å². The van der Waals surface area contributed by atoms with E-state index < -0.39 is 9.25 Å². The van der Waals surface area contributed by atoms with Crippen LogP contribution in [0.3, 0.4) is 0 Å². The van der Waals surface area contributed by atoms with Crippen molar-refractivity contribution in [1.82, 2.24) is 4.90 Å². The van der Waals surface area contributed by atoms with Crippen molar-refractivity contribution in [2.24, 2.45) is 0 Å². The highest BCUT2D eigenvalue weighted by atomic mass is 79.9. The predicted octanol–water partition coefficient (Wildman–Crippen LogP) is 2.43. The van der Waals surface area contributed by atoms with Gasteiger partial charge >= 0.3 is 5.69 Å². The average Bonchev–Trinajstić information content (AvgIpc) is 2.29. The first-order valence-corrected chi connectivity index (χ1v) is 6.33. The first-order valence-electron chi connectivity index (χ1n) is 5.53. The molecule has 1 N–H and O–H groups in total. The SMILES string of the molecule is CN(Cc1ccc(O)c([N+](=O)[O-])c1)C(=O)C(C)(C)Br. The Labute approximate surface area is 119 Å². The van der Waals surface area contributed by atoms with E-state index in [4.69, 9.17) is 0 Å². The van der Waals surface area contributed by atoms with E-state index in [-0.39, 0.29) is 23.9 Å². The second-order valence-electron chi connectivity index (χ2n) is 4.71. The summed E-state index contributed by atoms with van der Waals surface area (Å²) in [5.41, 5.74) is 0.216. The van der Waals surface area contributed by atoms with Gasteiger partial charge in [-0.2, -0.15) is 0 Å². The quantitative estimate of drug-likeness (QED) is 0.522. The molecule has 0 aromatic heterocycles. The van der Waals surface area contributed by atoms with E-state index in [0.29, 0.717) is 5.56 Å². The van der Waals surface area contributed by atoms with E-state index in [1.54, 1.807) is 27.0 Å². The lowest BCUT2D eigenvalue weighted by Crippen LogP contribution is -2.38. The Morgan fingerprint density at radius 1 is 1.53 bits per heavy atom. The fourth-order valence-corrected chi connectivity index (χ4v) is 1.92. The standard InChI is InChI=1S/C12H15BrN2O4/c1-12(2,13)11(17)14(3)7-8-4-5-10(16)9(6-8)15(18)19/h4-6,16H,7H2,1-3H3. The van der Waals surface area contributed by atoms with Gasteiger partial charge in [-0.1, -0.05) is 22.0 Å². The van der Waals surface area contributed by atoms with E-state index in [1.165, 1.54) is 17.0 Å². The molecule has 7 heteroatoms. The summed E-state index contributed by atoms with van der Waals surface area (Å²) in [7, 11) is 1.62. The van der Waals surface area contributed by atoms with Crippen molar-refractivity contribution in [2.45, 2.75) is 24.7 Å². The van der Waals surface area contributed by atoms with Gasteiger partial charge < -0.3 is 10.0 Å². The smallest absolute Gasteiger partial charge is 0.311 e. The molecule has 1 aromatic rings. The molecular weight excluding hydrogens is 316 g/mol. The van der Waals surface area contributed by atoms with Crippen molar-refractivity contribution < 1.29 is 14.8 Å². The number of phenolic OH excluding ortho intramolecular Hbond substituents is 1. The largest absolute Gasteiger partial charge is 0.502 e. The third-order valence-corrected chi connectivity index (χ3v) is 2.85. The maximum Gasteiger partial charge on any atom is 0.311 e. The third kappa shape index (κ3) is 3.92. The van der Waals surface area contributed by atoms with Gasteiger partial charge in [-0.3, -0.25) is 14.9 Å². The molecule has 1 aromatic carbocycles. The maximum atomic E-state index is 12.0. The van der Waals surface area contributed by atoms with Gasteiger partial charge in [0, 0.05) is 19.7 Å². The predicted molar refractivity (Wildman–Crippen MR) is 74.2 cm³/mol. The molecular formula is C12H15BrN2O4. The molecule has 0 unspecified atom stereocenters. The lowest BCUT2D eigenvalue weighted by atomic mass is 10.1. The molecule has 0 fully saturated rings. The number of hydrogen-bond acceptors (Lipinski definition) is 4. The van der Waals surface area contributed by atoms with Crippen LogP contribution in [0.25, 0.3) is 0 Å². The Morgan fingerprint density at radius 2 is 2.11 bits per heavy atom. The first-order chi connectivity index (χ1) is 8.62. The van der Waals surface area contributed by atoms with Gasteiger partial charge in [-0.15, -0.1) is 0 Å². The number of hydrogen-bond donors (Lipinski definition) is 1. The van der Waals surface area contributed by atoms with Crippen LogP contribution in [0.4, 0.5) is 5.69 Å². The molecule has 1 rings (SSSR count). The molecule has 0 aliphatic carbocycles. The van der Waals surface area contributed by atoms with Gasteiger partial charge in [-0.25, -0.2) is 0 Å². The minimum Gasteiger partial charge on any atom is -0.502 e. The zero-order valence-electron chi connectivity index (χ0n) is 10.9. The number of benzene rings is 1. The Morgan fingerprint density at radius 3 is 2.58 bits per heavy atom. The Bertz CT molecular complexity index is 511. The number of alkyl halides is 1. The van der Waals surface area contributed by atoms with Crippen LogP contribution in [0.1, 0.15) is 19.4 Å². The number of halogens is 1. The van der Waals surface area contributed by atoms with Crippen molar-refractivity contribution in [1.29, 1.82) is 0 Å². The summed E-state index contributed by atoms with van der Waals surface area (Å²) >= 11 is 3.27. The number of nitrogens with zero attached hydrogens (tertiary/aromatic N) is 2. The molecule has 104 valence electrons. The zero-order chi connectivity index (χ0) is 14.8. The van der Waals surface area contributed by atoms with Gasteiger partial charge in [0.15, 0.2) is 5.75 Å². The summed E-state index contributed by atoms with van der Waals surface area (Å²) < 4.78 is -0.690. The van der Waals surface area contributed by atoms with Gasteiger partial charge in [0.05, 0.1) is 9.25 Å². The van der Waals surface area contributed by atoms with Crippen molar-refractivity contribution >= 4 is 27.5 Å². The van der Waals surface area contributed by atoms with Crippen LogP contribution in [0, 0.1) is 10.1 Å². The molecule has 0 bridgehead atoms. The minimum absolute atomic E-state index is 0.136. The number of carbonyl (C=O) groups is 1. The average molecular weight is 331 g/mol. The van der Waals surface area contributed by atoms with Crippen LogP contribution in [0.2, 0.25) is 0 Å². The highest BCUT2D eigenvalue weighted by molar-refractivity contribution is 9.10. The zero-order valence-corrected chi connectivity index (χ0v) is 12.5. The van der Waals surface area contributed by atoms with Crippen molar-refractivity contribution in [3.63, 3.8) is 0 Å². The number of aromatic hydroxyl groups is 1. The highest BCUT2D eigenvalue weighted by Gasteiger charge is 2.27. The van der Waals surface area contributed by atoms with Gasteiger partial charge in [0.2, 0.25) is 5.91 Å². The molecule has 0 saturated heterocycles. The number of phenols is 1. The van der Waals surface area contributed by atoms with E-state index >= 15 is 0 Å². The lowest BCUT2D eigenvalue weighted by molar-refractivity contribution is -0.385. The summed E-state index contributed by atoms with van der Waals surface area (Å²) in [6.45, 7) is 3.69. The van der Waals surface area contributed by atoms with Crippen molar-refractivity contribution in [2.75, 3.05) is 7.05 Å². The molecule has 0 heterocycles. The molecule has 0 atom stereocenters. The van der Waals surface area contributed by atoms with Crippen LogP contribution in [-0.4, -0.2) is 32.2 Å². The van der Waals surface area contributed by atoms with Gasteiger partial charge in [0.1, 0.15) is 0 Å². The maximum absolute atomic E-state index is 12.0. The van der Waals surface area contributed by atoms with E-state index in [0.717, 1.165) is 0 Å². The second-order valence-corrected chi connectivity index (χ2v) is 6.70. The number of carbonyl (C=O) groups excluding carboxylic acids is 1. The summed E-state index contributed by atoms with van der Waals surface area (Å²) in [5, 5.41) is 20.1. The number of nitro benzene ring substituents is 1. The van der Waals surface area contributed by atoms with E-state index in [9.17, 15) is 20.0 Å². The van der Waals surface area contributed by atoms with E-state index in [2.05, 4.69) is 15.9 Å². The Hall–Kier alpha value is -1.63. The third-order valence-electron chi connectivity index (χ3n) is 2.51.